The summed E-state index contributed by atoms with van der Waals surface area (Å²) in [6.07, 6.45) is 8.91. The first-order chi connectivity index (χ1) is 9.22. The molecule has 3 nitrogen and oxygen atoms in total. The van der Waals surface area contributed by atoms with Crippen molar-refractivity contribution in [3.8, 4) is 0 Å². The highest BCUT2D eigenvalue weighted by Crippen LogP contribution is 2.24. The molecule has 1 saturated heterocycles. The van der Waals surface area contributed by atoms with Gasteiger partial charge in [-0.1, -0.05) is 19.9 Å². The Morgan fingerprint density at radius 1 is 1.53 bits per heavy atom. The van der Waals surface area contributed by atoms with Crippen LogP contribution in [0.25, 0.3) is 0 Å². The predicted octanol–water partition coefficient (Wildman–Crippen LogP) is 3.37. The van der Waals surface area contributed by atoms with Crippen molar-refractivity contribution < 1.29 is 4.79 Å². The van der Waals surface area contributed by atoms with Gasteiger partial charge in [0.25, 0.3) is 0 Å². The lowest BCUT2D eigenvalue weighted by Crippen LogP contribution is -2.43. The molecule has 0 spiro atoms. The van der Waals surface area contributed by atoms with E-state index < -0.39 is 0 Å². The number of hydrogen-bond donors (Lipinski definition) is 0. The van der Waals surface area contributed by atoms with Gasteiger partial charge >= 0.3 is 0 Å². The van der Waals surface area contributed by atoms with Crippen LogP contribution in [0.15, 0.2) is 24.5 Å². The van der Waals surface area contributed by atoms with Gasteiger partial charge in [0.1, 0.15) is 0 Å². The Hall–Kier alpha value is -1.38. The molecule has 1 aromatic rings. The van der Waals surface area contributed by atoms with E-state index in [-0.39, 0.29) is 5.92 Å². The summed E-state index contributed by atoms with van der Waals surface area (Å²) in [4.78, 5) is 18.7. The lowest BCUT2D eigenvalue weighted by Gasteiger charge is -2.36. The summed E-state index contributed by atoms with van der Waals surface area (Å²) >= 11 is 0. The zero-order chi connectivity index (χ0) is 13.7. The minimum absolute atomic E-state index is 0.251. The van der Waals surface area contributed by atoms with Crippen LogP contribution in [-0.2, 0) is 4.79 Å². The van der Waals surface area contributed by atoms with Gasteiger partial charge in [-0.3, -0.25) is 9.78 Å². The second kappa shape index (κ2) is 6.69. The number of hydrogen-bond acceptors (Lipinski definition) is 2. The fourth-order valence-corrected chi connectivity index (χ4v) is 2.92. The van der Waals surface area contributed by atoms with Gasteiger partial charge in [-0.25, -0.2) is 0 Å². The molecule has 19 heavy (non-hydrogen) atoms. The summed E-state index contributed by atoms with van der Waals surface area (Å²) in [5.41, 5.74) is 1.15. The van der Waals surface area contributed by atoms with E-state index in [2.05, 4.69) is 29.8 Å². The van der Waals surface area contributed by atoms with Crippen molar-refractivity contribution >= 4 is 5.91 Å². The van der Waals surface area contributed by atoms with Crippen molar-refractivity contribution in [2.24, 2.45) is 0 Å². The highest BCUT2D eigenvalue weighted by Gasteiger charge is 2.26. The summed E-state index contributed by atoms with van der Waals surface area (Å²) in [5.74, 6) is 0.559. The molecule has 2 unspecified atom stereocenters. The molecule has 1 aliphatic heterocycles. The monoisotopic (exact) mass is 260 g/mol. The number of carbonyl (C=O) groups is 1. The second-order valence-corrected chi connectivity index (χ2v) is 5.54. The van der Waals surface area contributed by atoms with E-state index in [0.717, 1.165) is 24.9 Å². The molecule has 0 aromatic carbocycles. The van der Waals surface area contributed by atoms with Crippen molar-refractivity contribution in [1.29, 1.82) is 0 Å². The maximum Gasteiger partial charge on any atom is 0.223 e. The van der Waals surface area contributed by atoms with Gasteiger partial charge in [0.05, 0.1) is 0 Å². The number of carbonyl (C=O) groups excluding carboxylic acids is 1. The van der Waals surface area contributed by atoms with E-state index in [0.29, 0.717) is 18.4 Å². The molecule has 1 aromatic heterocycles. The zero-order valence-corrected chi connectivity index (χ0v) is 12.0. The number of piperidine rings is 1. The van der Waals surface area contributed by atoms with Gasteiger partial charge in [0.2, 0.25) is 5.91 Å². The Morgan fingerprint density at radius 3 is 3.05 bits per heavy atom. The first-order valence-corrected chi connectivity index (χ1v) is 7.41. The third-order valence-corrected chi connectivity index (χ3v) is 4.15. The van der Waals surface area contributed by atoms with Gasteiger partial charge < -0.3 is 4.90 Å². The average molecular weight is 260 g/mol. The number of nitrogens with zero attached hydrogens (tertiary/aromatic N) is 2. The normalized spacial score (nSPS) is 21.2. The molecule has 104 valence electrons. The van der Waals surface area contributed by atoms with Gasteiger partial charge in [0, 0.05) is 31.4 Å². The highest BCUT2D eigenvalue weighted by atomic mass is 16.2. The number of amides is 1. The fourth-order valence-electron chi connectivity index (χ4n) is 2.92. The van der Waals surface area contributed by atoms with E-state index in [1.165, 1.54) is 12.8 Å². The van der Waals surface area contributed by atoms with E-state index in [1.807, 2.05) is 12.3 Å². The molecule has 0 saturated carbocycles. The Kier molecular flexibility index (Phi) is 4.94. The first-order valence-electron chi connectivity index (χ1n) is 7.41. The molecule has 0 aliphatic carbocycles. The van der Waals surface area contributed by atoms with Crippen LogP contribution in [0.5, 0.6) is 0 Å². The summed E-state index contributed by atoms with van der Waals surface area (Å²) < 4.78 is 0. The first kappa shape index (κ1) is 14.0. The summed E-state index contributed by atoms with van der Waals surface area (Å²) in [6, 6.07) is 4.45. The fraction of sp³-hybridized carbons (Fsp3) is 0.625. The van der Waals surface area contributed by atoms with Gasteiger partial charge in [-0.05, 0) is 43.2 Å². The van der Waals surface area contributed by atoms with Crippen LogP contribution in [0.4, 0.5) is 0 Å². The van der Waals surface area contributed by atoms with Crippen molar-refractivity contribution in [2.75, 3.05) is 6.54 Å². The molecule has 0 bridgehead atoms. The van der Waals surface area contributed by atoms with Crippen LogP contribution >= 0.6 is 0 Å². The molecular weight excluding hydrogens is 236 g/mol. The molecule has 3 heteroatoms. The largest absolute Gasteiger partial charge is 0.340 e. The maximum atomic E-state index is 12.5. The summed E-state index contributed by atoms with van der Waals surface area (Å²) in [6.45, 7) is 5.23. The van der Waals surface area contributed by atoms with E-state index >= 15 is 0 Å². The quantitative estimate of drug-likeness (QED) is 0.831. The second-order valence-electron chi connectivity index (χ2n) is 5.54. The standard InChI is InChI=1S/C16H24N2O/c1-3-15-8-4-5-10-18(15)16(19)11-13(2)14-7-6-9-17-12-14/h6-7,9,12-13,15H,3-5,8,10-11H2,1-2H3. The van der Waals surface area contributed by atoms with Crippen molar-refractivity contribution in [3.63, 3.8) is 0 Å². The van der Waals surface area contributed by atoms with E-state index in [1.54, 1.807) is 6.20 Å². The molecular formula is C16H24N2O. The number of aromatic nitrogens is 1. The SMILES string of the molecule is CCC1CCCCN1C(=O)CC(C)c1cccnc1. The van der Waals surface area contributed by atoms with Crippen LogP contribution in [-0.4, -0.2) is 28.4 Å². The van der Waals surface area contributed by atoms with Crippen LogP contribution in [0.2, 0.25) is 0 Å². The predicted molar refractivity (Wildman–Crippen MR) is 76.9 cm³/mol. The van der Waals surface area contributed by atoms with Gasteiger partial charge in [-0.2, -0.15) is 0 Å². The lowest BCUT2D eigenvalue weighted by atomic mass is 9.95. The molecule has 2 heterocycles. The number of pyridine rings is 1. The third kappa shape index (κ3) is 3.55. The van der Waals surface area contributed by atoms with Gasteiger partial charge in [0.15, 0.2) is 0 Å². The molecule has 1 aliphatic rings. The Balaban J connectivity index is 1.96. The van der Waals surface area contributed by atoms with Crippen LogP contribution in [0.3, 0.4) is 0 Å². The minimum Gasteiger partial charge on any atom is -0.340 e. The van der Waals surface area contributed by atoms with Crippen molar-refractivity contribution in [3.05, 3.63) is 30.1 Å². The van der Waals surface area contributed by atoms with Gasteiger partial charge in [-0.15, -0.1) is 0 Å². The van der Waals surface area contributed by atoms with Crippen LogP contribution < -0.4 is 0 Å². The molecule has 0 N–H and O–H groups in total. The number of likely N-dealkylation sites (tertiary alicyclic amines) is 1. The summed E-state index contributed by atoms with van der Waals surface area (Å²) in [7, 11) is 0. The Bertz CT molecular complexity index is 404. The third-order valence-electron chi connectivity index (χ3n) is 4.15. The molecule has 2 rings (SSSR count). The number of rotatable bonds is 4. The topological polar surface area (TPSA) is 33.2 Å². The van der Waals surface area contributed by atoms with Crippen LogP contribution in [0, 0.1) is 0 Å². The smallest absolute Gasteiger partial charge is 0.223 e. The zero-order valence-electron chi connectivity index (χ0n) is 12.0. The molecule has 2 atom stereocenters. The maximum absolute atomic E-state index is 12.5. The average Bonchev–Trinajstić information content (AvgIpc) is 2.48. The minimum atomic E-state index is 0.251. The highest BCUT2D eigenvalue weighted by molar-refractivity contribution is 5.77. The lowest BCUT2D eigenvalue weighted by molar-refractivity contribution is -0.135. The Morgan fingerprint density at radius 2 is 2.37 bits per heavy atom. The Labute approximate surface area is 116 Å². The van der Waals surface area contributed by atoms with Crippen LogP contribution in [0.1, 0.15) is 57.4 Å². The molecule has 0 radical (unpaired) electrons. The van der Waals surface area contributed by atoms with Crippen molar-refractivity contribution in [1.82, 2.24) is 9.88 Å². The van der Waals surface area contributed by atoms with E-state index in [9.17, 15) is 4.79 Å². The molecule has 1 amide bonds. The molecule has 1 fully saturated rings. The van der Waals surface area contributed by atoms with E-state index in [4.69, 9.17) is 0 Å². The van der Waals surface area contributed by atoms with Crippen molar-refractivity contribution in [2.45, 2.75) is 57.9 Å². The summed E-state index contributed by atoms with van der Waals surface area (Å²) in [5, 5.41) is 0.